The molecule has 0 aliphatic carbocycles. The smallest absolute Gasteiger partial charge is 0.417 e. The Bertz CT molecular complexity index is 1230. The Labute approximate surface area is 229 Å². The Morgan fingerprint density at radius 1 is 0.897 bits per heavy atom. The topological polar surface area (TPSA) is 87.4 Å². The van der Waals surface area contributed by atoms with Crippen LogP contribution >= 0.6 is 0 Å². The van der Waals surface area contributed by atoms with Gasteiger partial charge in [0, 0.05) is 17.5 Å². The second kappa shape index (κ2) is 10.6. The first-order valence-electron chi connectivity index (χ1n) is 13.0. The molecule has 7 nitrogen and oxygen atoms in total. The zero-order chi connectivity index (χ0) is 29.8. The van der Waals surface area contributed by atoms with Gasteiger partial charge < -0.3 is 27.8 Å². The lowest BCUT2D eigenvalue weighted by Gasteiger charge is -2.43. The van der Waals surface area contributed by atoms with Crippen molar-refractivity contribution in [2.75, 3.05) is 6.61 Å². The average Bonchev–Trinajstić information content (AvgIpc) is 3.05. The van der Waals surface area contributed by atoms with E-state index < -0.39 is 58.6 Å². The summed E-state index contributed by atoms with van der Waals surface area (Å²) in [6, 6.07) is 4.22. The van der Waals surface area contributed by atoms with Gasteiger partial charge >= 0.3 is 11.8 Å². The molecule has 1 aliphatic heterocycles. The van der Waals surface area contributed by atoms with Crippen molar-refractivity contribution in [1.82, 2.24) is 0 Å². The normalized spacial score (nSPS) is 23.4. The van der Waals surface area contributed by atoms with Gasteiger partial charge in [-0.15, -0.1) is 0 Å². The van der Waals surface area contributed by atoms with Crippen molar-refractivity contribution in [2.45, 2.75) is 109 Å². The maximum atomic E-state index is 13.5. The number of benzene rings is 1. The molecule has 0 amide bonds. The fraction of sp³-hybridized carbons (Fsp3) is 0.667. The number of fused-ring (bicyclic) bond motifs is 1. The summed E-state index contributed by atoms with van der Waals surface area (Å²) in [5.41, 5.74) is -2.47. The number of hydrogen-bond donors (Lipinski definition) is 1. The molecule has 2 aromatic rings. The Kier molecular flexibility index (Phi) is 8.65. The van der Waals surface area contributed by atoms with Crippen molar-refractivity contribution >= 4 is 27.6 Å². The lowest BCUT2D eigenvalue weighted by Crippen LogP contribution is -2.54. The second-order valence-electron chi connectivity index (χ2n) is 13.2. The highest BCUT2D eigenvalue weighted by molar-refractivity contribution is 6.74. The van der Waals surface area contributed by atoms with Crippen LogP contribution in [-0.4, -0.2) is 53.0 Å². The van der Waals surface area contributed by atoms with Crippen LogP contribution in [0, 0.1) is 0 Å². The average molecular weight is 591 g/mol. The van der Waals surface area contributed by atoms with Crippen LogP contribution < -0.4 is 10.4 Å². The number of hydrogen-bond acceptors (Lipinski definition) is 7. The summed E-state index contributed by atoms with van der Waals surface area (Å²) in [6.45, 7) is 20.7. The van der Waals surface area contributed by atoms with E-state index in [9.17, 15) is 23.1 Å². The Hall–Kier alpha value is -1.71. The fourth-order valence-electron chi connectivity index (χ4n) is 3.82. The molecule has 1 aromatic carbocycles. The van der Waals surface area contributed by atoms with Crippen LogP contribution in [0.25, 0.3) is 11.0 Å². The molecule has 1 saturated heterocycles. The molecule has 12 heteroatoms. The molecule has 0 unspecified atom stereocenters. The molecule has 3 rings (SSSR count). The highest BCUT2D eigenvalue weighted by Crippen LogP contribution is 2.44. The predicted octanol–water partition coefficient (Wildman–Crippen LogP) is 6.69. The van der Waals surface area contributed by atoms with Crippen molar-refractivity contribution in [3.05, 3.63) is 40.2 Å². The third kappa shape index (κ3) is 6.79. The van der Waals surface area contributed by atoms with Gasteiger partial charge in [0.05, 0.1) is 12.2 Å². The lowest BCUT2D eigenvalue weighted by molar-refractivity contribution is -0.136. The lowest BCUT2D eigenvalue weighted by atomic mass is 10.1. The molecule has 0 bridgehead atoms. The van der Waals surface area contributed by atoms with Crippen molar-refractivity contribution in [2.24, 2.45) is 0 Å². The summed E-state index contributed by atoms with van der Waals surface area (Å²) >= 11 is 0. The molecule has 1 N–H and O–H groups in total. The molecule has 0 saturated carbocycles. The van der Waals surface area contributed by atoms with Crippen LogP contribution in [0.5, 0.6) is 5.75 Å². The van der Waals surface area contributed by atoms with Gasteiger partial charge in [0.1, 0.15) is 29.6 Å². The van der Waals surface area contributed by atoms with Crippen LogP contribution in [0.15, 0.2) is 33.5 Å². The van der Waals surface area contributed by atoms with E-state index >= 15 is 0 Å². The van der Waals surface area contributed by atoms with Crippen LogP contribution in [0.2, 0.25) is 36.3 Å². The van der Waals surface area contributed by atoms with Gasteiger partial charge in [-0.2, -0.15) is 13.2 Å². The molecule has 0 spiro atoms. The summed E-state index contributed by atoms with van der Waals surface area (Å²) in [7, 11) is -4.75. The maximum Gasteiger partial charge on any atom is 0.417 e. The summed E-state index contributed by atoms with van der Waals surface area (Å²) in [6.07, 6.45) is -7.85. The Morgan fingerprint density at radius 3 is 1.92 bits per heavy atom. The van der Waals surface area contributed by atoms with E-state index in [4.69, 9.17) is 22.7 Å². The van der Waals surface area contributed by atoms with E-state index in [1.54, 1.807) is 0 Å². The summed E-state index contributed by atoms with van der Waals surface area (Å²) in [5, 5.41) is 9.69. The molecular weight excluding hydrogens is 549 g/mol. The van der Waals surface area contributed by atoms with Crippen molar-refractivity contribution < 1.29 is 41.0 Å². The number of halogens is 3. The number of aliphatic hydroxyl groups is 1. The van der Waals surface area contributed by atoms with E-state index in [0.717, 1.165) is 0 Å². The first-order chi connectivity index (χ1) is 17.6. The summed E-state index contributed by atoms with van der Waals surface area (Å²) in [4.78, 5) is 11.9. The van der Waals surface area contributed by atoms with Gasteiger partial charge in [-0.3, -0.25) is 0 Å². The third-order valence-corrected chi connectivity index (χ3v) is 17.1. The summed E-state index contributed by atoms with van der Waals surface area (Å²) in [5.74, 6) is 0.128. The van der Waals surface area contributed by atoms with E-state index in [-0.39, 0.29) is 33.4 Å². The molecule has 39 heavy (non-hydrogen) atoms. The van der Waals surface area contributed by atoms with E-state index in [1.165, 1.54) is 18.2 Å². The van der Waals surface area contributed by atoms with Crippen LogP contribution in [0.3, 0.4) is 0 Å². The van der Waals surface area contributed by atoms with Crippen LogP contribution in [-0.2, 0) is 19.8 Å². The summed E-state index contributed by atoms with van der Waals surface area (Å²) < 4.78 is 71.3. The first-order valence-corrected chi connectivity index (χ1v) is 18.8. The van der Waals surface area contributed by atoms with E-state index in [2.05, 4.69) is 67.7 Å². The molecule has 0 radical (unpaired) electrons. The second-order valence-corrected chi connectivity index (χ2v) is 22.7. The van der Waals surface area contributed by atoms with E-state index in [0.29, 0.717) is 6.07 Å². The third-order valence-electron chi connectivity index (χ3n) is 8.19. The largest absolute Gasteiger partial charge is 0.462 e. The van der Waals surface area contributed by atoms with Gasteiger partial charge in [-0.1, -0.05) is 41.5 Å². The van der Waals surface area contributed by atoms with Crippen molar-refractivity contribution in [3.8, 4) is 5.75 Å². The van der Waals surface area contributed by atoms with Crippen LogP contribution in [0.4, 0.5) is 13.2 Å². The molecule has 2 heterocycles. The van der Waals surface area contributed by atoms with Crippen LogP contribution in [0.1, 0.15) is 47.1 Å². The molecule has 1 fully saturated rings. The van der Waals surface area contributed by atoms with Gasteiger partial charge in [-0.05, 0) is 48.4 Å². The van der Waals surface area contributed by atoms with Crippen molar-refractivity contribution in [3.63, 3.8) is 0 Å². The molecule has 220 valence electrons. The first kappa shape index (κ1) is 31.8. The molecule has 1 aliphatic rings. The van der Waals surface area contributed by atoms with Gasteiger partial charge in [0.25, 0.3) is 0 Å². The molecular formula is C27H41F3O7Si2. The Balaban J connectivity index is 2.04. The minimum atomic E-state index is -4.73. The number of rotatable bonds is 7. The number of ether oxygens (including phenoxy) is 2. The molecule has 4 atom stereocenters. The van der Waals surface area contributed by atoms with E-state index in [1.807, 2.05) is 0 Å². The minimum Gasteiger partial charge on any atom is -0.462 e. The molecule has 1 aromatic heterocycles. The Morgan fingerprint density at radius 2 is 1.44 bits per heavy atom. The zero-order valence-corrected chi connectivity index (χ0v) is 26.4. The van der Waals surface area contributed by atoms with Gasteiger partial charge in [0.15, 0.2) is 16.6 Å². The number of aliphatic hydroxyl groups excluding tert-OH is 1. The van der Waals surface area contributed by atoms with Gasteiger partial charge in [0.2, 0.25) is 6.29 Å². The van der Waals surface area contributed by atoms with Crippen molar-refractivity contribution in [1.29, 1.82) is 0 Å². The highest BCUT2D eigenvalue weighted by atomic mass is 28.4. The SMILES string of the molecule is CC(C)(C)[Si](C)(C)O[C@H]1[C@H](Oc2ccc3c(C(F)(F)F)cc(=O)oc3c2)O[C@H](CO)[C@H]1O[Si](C)(C)C(C)(C)C. The maximum absolute atomic E-state index is 13.5. The quantitative estimate of drug-likeness (QED) is 0.284. The fourth-order valence-corrected chi connectivity index (χ4v) is 6.42. The monoisotopic (exact) mass is 590 g/mol. The number of alkyl halides is 3. The minimum absolute atomic E-state index is 0.125. The highest BCUT2D eigenvalue weighted by Gasteiger charge is 2.54. The standard InChI is InChI=1S/C27H41F3O7Si2/c1-25(2,3)38(7,8)36-22-20(15-31)35-24(23(22)37-39(9,10)26(4,5)6)33-16-11-12-17-18(27(28,29)30)14-21(32)34-19(17)13-16/h11-14,20,22-24,31H,15H2,1-10H3/t20-,22-,23-,24-/m1/s1. The zero-order valence-electron chi connectivity index (χ0n) is 24.4. The predicted molar refractivity (Wildman–Crippen MR) is 148 cm³/mol. The van der Waals surface area contributed by atoms with Gasteiger partial charge in [-0.25, -0.2) is 4.79 Å².